The largest absolute Gasteiger partial charge is 0.462 e. The lowest BCUT2D eigenvalue weighted by Gasteiger charge is -2.27. The van der Waals surface area contributed by atoms with Gasteiger partial charge in [-0.05, 0) is 24.5 Å². The Labute approximate surface area is 146 Å². The van der Waals surface area contributed by atoms with Crippen LogP contribution in [0.2, 0.25) is 0 Å². The summed E-state index contributed by atoms with van der Waals surface area (Å²) in [7, 11) is 0. The molecule has 0 saturated heterocycles. The second-order valence-corrected chi connectivity index (χ2v) is 6.29. The quantitative estimate of drug-likeness (QED) is 0.793. The Kier molecular flexibility index (Phi) is 6.28. The molecule has 6 heteroatoms. The Morgan fingerprint density at radius 2 is 2.00 bits per heavy atom. The van der Waals surface area contributed by atoms with Crippen LogP contribution in [-0.4, -0.2) is 18.5 Å². The van der Waals surface area contributed by atoms with E-state index in [1.807, 2.05) is 13.8 Å². The summed E-state index contributed by atoms with van der Waals surface area (Å²) in [5.74, 6) is -2.91. The molecule has 0 radical (unpaired) electrons. The van der Waals surface area contributed by atoms with Crippen LogP contribution in [0.25, 0.3) is 0 Å². The zero-order chi connectivity index (χ0) is 18.6. The van der Waals surface area contributed by atoms with Crippen LogP contribution < -0.4 is 5.32 Å². The van der Waals surface area contributed by atoms with Crippen molar-refractivity contribution in [3.8, 4) is 0 Å². The first kappa shape index (κ1) is 19.1. The van der Waals surface area contributed by atoms with E-state index in [0.29, 0.717) is 5.70 Å². The normalized spacial score (nSPS) is 17.7. The number of benzene rings is 1. The molecule has 1 aromatic rings. The second-order valence-electron chi connectivity index (χ2n) is 6.29. The summed E-state index contributed by atoms with van der Waals surface area (Å²) in [6.07, 6.45) is 1.68. The van der Waals surface area contributed by atoms with Crippen LogP contribution in [0, 0.1) is 17.6 Å². The van der Waals surface area contributed by atoms with Crippen LogP contribution in [0.4, 0.5) is 8.78 Å². The highest BCUT2D eigenvalue weighted by molar-refractivity contribution is 5.95. The number of carbonyl (C=O) groups is 2. The average Bonchev–Trinajstić information content (AvgIpc) is 2.54. The van der Waals surface area contributed by atoms with Crippen LogP contribution in [-0.2, 0) is 14.3 Å². The molecule has 0 fully saturated rings. The van der Waals surface area contributed by atoms with E-state index in [1.165, 1.54) is 6.07 Å². The molecule has 25 heavy (non-hydrogen) atoms. The van der Waals surface area contributed by atoms with E-state index < -0.39 is 23.5 Å². The van der Waals surface area contributed by atoms with Gasteiger partial charge in [0, 0.05) is 24.1 Å². The first-order chi connectivity index (χ1) is 11.9. The van der Waals surface area contributed by atoms with Gasteiger partial charge >= 0.3 is 5.97 Å². The third kappa shape index (κ3) is 4.44. The van der Waals surface area contributed by atoms with Gasteiger partial charge in [-0.1, -0.05) is 32.8 Å². The third-order valence-corrected chi connectivity index (χ3v) is 4.63. The molecule has 1 amide bonds. The first-order valence-corrected chi connectivity index (χ1v) is 8.50. The van der Waals surface area contributed by atoms with Crippen molar-refractivity contribution in [1.29, 1.82) is 0 Å². The van der Waals surface area contributed by atoms with Crippen LogP contribution in [0.15, 0.2) is 29.5 Å². The van der Waals surface area contributed by atoms with E-state index in [9.17, 15) is 18.4 Å². The van der Waals surface area contributed by atoms with Crippen molar-refractivity contribution in [2.24, 2.45) is 5.92 Å². The summed E-state index contributed by atoms with van der Waals surface area (Å²) in [5, 5.41) is 2.60. The fraction of sp³-hybridized carbons (Fsp3) is 0.474. The van der Waals surface area contributed by atoms with Crippen molar-refractivity contribution in [2.75, 3.05) is 6.61 Å². The Morgan fingerprint density at radius 1 is 1.32 bits per heavy atom. The van der Waals surface area contributed by atoms with E-state index in [1.54, 1.807) is 6.92 Å². The molecule has 2 rings (SSSR count). The molecule has 0 unspecified atom stereocenters. The van der Waals surface area contributed by atoms with E-state index >= 15 is 0 Å². The third-order valence-electron chi connectivity index (χ3n) is 4.63. The minimum absolute atomic E-state index is 0.0880. The maximum absolute atomic E-state index is 14.2. The molecular weight excluding hydrogens is 328 g/mol. The van der Waals surface area contributed by atoms with Gasteiger partial charge in [-0.3, -0.25) is 4.79 Å². The van der Waals surface area contributed by atoms with Gasteiger partial charge < -0.3 is 10.1 Å². The fourth-order valence-corrected chi connectivity index (χ4v) is 3.02. The molecule has 0 spiro atoms. The summed E-state index contributed by atoms with van der Waals surface area (Å²) in [6.45, 7) is 5.89. The molecule has 1 aliphatic rings. The molecule has 136 valence electrons. The van der Waals surface area contributed by atoms with Gasteiger partial charge in [0.1, 0.15) is 11.6 Å². The van der Waals surface area contributed by atoms with Crippen molar-refractivity contribution >= 4 is 11.9 Å². The van der Waals surface area contributed by atoms with Crippen LogP contribution in [0.1, 0.15) is 51.5 Å². The summed E-state index contributed by atoms with van der Waals surface area (Å²) in [5.41, 5.74) is 0.681. The zero-order valence-corrected chi connectivity index (χ0v) is 14.7. The molecule has 1 atom stereocenters. The number of esters is 1. The Hall–Kier alpha value is -2.24. The van der Waals surface area contributed by atoms with E-state index in [4.69, 9.17) is 4.74 Å². The van der Waals surface area contributed by atoms with Crippen molar-refractivity contribution < 1.29 is 23.1 Å². The van der Waals surface area contributed by atoms with E-state index in [0.717, 1.165) is 25.0 Å². The minimum Gasteiger partial charge on any atom is -0.462 e. The molecule has 1 N–H and O–H groups in total. The van der Waals surface area contributed by atoms with Gasteiger partial charge in [0.05, 0.1) is 12.2 Å². The van der Waals surface area contributed by atoms with Gasteiger partial charge in [-0.2, -0.15) is 0 Å². The minimum atomic E-state index is -0.788. The number of hydrogen-bond acceptors (Lipinski definition) is 3. The van der Waals surface area contributed by atoms with Crippen molar-refractivity contribution in [2.45, 2.75) is 46.0 Å². The van der Waals surface area contributed by atoms with Gasteiger partial charge in [0.25, 0.3) is 0 Å². The predicted octanol–water partition coefficient (Wildman–Crippen LogP) is 3.82. The molecule has 1 heterocycles. The molecule has 1 aromatic carbocycles. The molecule has 0 bridgehead atoms. The second kappa shape index (κ2) is 8.23. The number of amides is 1. The lowest BCUT2D eigenvalue weighted by Crippen LogP contribution is -2.34. The highest BCUT2D eigenvalue weighted by Gasteiger charge is 2.34. The molecular formula is C19H23F2NO3. The van der Waals surface area contributed by atoms with Crippen LogP contribution >= 0.6 is 0 Å². The topological polar surface area (TPSA) is 55.4 Å². The Bertz CT molecular complexity index is 696. The fourth-order valence-electron chi connectivity index (χ4n) is 3.02. The number of carbonyl (C=O) groups excluding carboxylic acids is 2. The monoisotopic (exact) mass is 351 g/mol. The van der Waals surface area contributed by atoms with Crippen molar-refractivity contribution in [1.82, 2.24) is 5.32 Å². The highest BCUT2D eigenvalue weighted by Crippen LogP contribution is 2.35. The standard InChI is InChI=1S/C19H23F2NO3/c1-4-12(5-2)10-25-19(24)18-11(3)22-17(23)9-15(18)14-7-6-13(20)8-16(14)21/h6-8,12,15H,4-5,9-10H2,1-3H3,(H,22,23)/t15-/m1/s1. The Balaban J connectivity index is 2.32. The lowest BCUT2D eigenvalue weighted by atomic mass is 9.84. The number of nitrogens with one attached hydrogen (secondary N) is 1. The average molecular weight is 351 g/mol. The SMILES string of the molecule is CCC(CC)COC(=O)C1=C(C)NC(=O)C[C@@H]1c1ccc(F)cc1F. The number of ether oxygens (including phenoxy) is 1. The summed E-state index contributed by atoms with van der Waals surface area (Å²) in [4.78, 5) is 24.5. The molecule has 0 saturated carbocycles. The van der Waals surface area contributed by atoms with Gasteiger partial charge in [-0.25, -0.2) is 13.6 Å². The maximum atomic E-state index is 14.2. The van der Waals surface area contributed by atoms with E-state index in [-0.39, 0.29) is 36.0 Å². The predicted molar refractivity (Wildman–Crippen MR) is 89.6 cm³/mol. The maximum Gasteiger partial charge on any atom is 0.336 e. The molecule has 1 aliphatic heterocycles. The molecule has 0 aliphatic carbocycles. The zero-order valence-electron chi connectivity index (χ0n) is 14.7. The molecule has 4 nitrogen and oxygen atoms in total. The summed E-state index contributed by atoms with van der Waals surface area (Å²) < 4.78 is 32.8. The van der Waals surface area contributed by atoms with Gasteiger partial charge in [0.15, 0.2) is 0 Å². The number of rotatable bonds is 6. The van der Waals surface area contributed by atoms with Crippen LogP contribution in [0.3, 0.4) is 0 Å². The first-order valence-electron chi connectivity index (χ1n) is 8.50. The van der Waals surface area contributed by atoms with Crippen molar-refractivity contribution in [3.63, 3.8) is 0 Å². The summed E-state index contributed by atoms with van der Waals surface area (Å²) >= 11 is 0. The van der Waals surface area contributed by atoms with Gasteiger partial charge in [-0.15, -0.1) is 0 Å². The highest BCUT2D eigenvalue weighted by atomic mass is 19.1. The van der Waals surface area contributed by atoms with Crippen molar-refractivity contribution in [3.05, 3.63) is 46.7 Å². The number of allylic oxidation sites excluding steroid dienone is 1. The summed E-state index contributed by atoms with van der Waals surface area (Å²) in [6, 6.07) is 3.15. The van der Waals surface area contributed by atoms with Crippen LogP contribution in [0.5, 0.6) is 0 Å². The number of halogens is 2. The van der Waals surface area contributed by atoms with Gasteiger partial charge in [0.2, 0.25) is 5.91 Å². The van der Waals surface area contributed by atoms with E-state index in [2.05, 4.69) is 5.32 Å². The lowest BCUT2D eigenvalue weighted by molar-refractivity contribution is -0.141. The molecule has 0 aromatic heterocycles. The Morgan fingerprint density at radius 3 is 2.60 bits per heavy atom. The smallest absolute Gasteiger partial charge is 0.336 e. The number of hydrogen-bond donors (Lipinski definition) is 1.